The zero-order valence-electron chi connectivity index (χ0n) is 10.1. The Labute approximate surface area is 106 Å². The van der Waals surface area contributed by atoms with E-state index in [9.17, 15) is 5.11 Å². The molecule has 3 N–H and O–H groups in total. The largest absolute Gasteiger partial charge is 0.385 e. The average molecular weight is 261 g/mol. The molecule has 1 atom stereocenters. The Hall–Kier alpha value is -0.880. The molecule has 1 aromatic heterocycles. The Kier molecular flexibility index (Phi) is 4.70. The molecule has 0 aliphatic heterocycles. The molecule has 0 saturated carbocycles. The van der Waals surface area contributed by atoms with E-state index >= 15 is 0 Å². The summed E-state index contributed by atoms with van der Waals surface area (Å²) in [4.78, 5) is 3.91. The van der Waals surface area contributed by atoms with Gasteiger partial charge in [-0.15, -0.1) is 0 Å². The van der Waals surface area contributed by atoms with Crippen LogP contribution < -0.4 is 5.73 Å². The lowest BCUT2D eigenvalue weighted by Crippen LogP contribution is -2.30. The predicted molar refractivity (Wildman–Crippen MR) is 65.7 cm³/mol. The molecule has 1 unspecified atom stereocenters. The van der Waals surface area contributed by atoms with Gasteiger partial charge in [-0.2, -0.15) is 0 Å². The second kappa shape index (κ2) is 5.64. The van der Waals surface area contributed by atoms with Crippen LogP contribution in [0.5, 0.6) is 0 Å². The summed E-state index contributed by atoms with van der Waals surface area (Å²) < 4.78 is 10.1. The molecular weight excluding hydrogens is 244 g/mol. The van der Waals surface area contributed by atoms with Crippen LogP contribution in [0.25, 0.3) is 0 Å². The lowest BCUT2D eigenvalue weighted by Gasteiger charge is -2.28. The number of hydrogen-bond acceptors (Lipinski definition) is 5. The maximum absolute atomic E-state index is 10.4. The van der Waals surface area contributed by atoms with Gasteiger partial charge in [0.15, 0.2) is 6.29 Å². The van der Waals surface area contributed by atoms with E-state index in [1.807, 2.05) is 0 Å². The molecule has 96 valence electrons. The summed E-state index contributed by atoms with van der Waals surface area (Å²) in [7, 11) is 3.01. The lowest BCUT2D eigenvalue weighted by atomic mass is 9.92. The average Bonchev–Trinajstić information content (AvgIpc) is 2.29. The Morgan fingerprint density at radius 3 is 2.65 bits per heavy atom. The third kappa shape index (κ3) is 3.54. The van der Waals surface area contributed by atoms with Crippen molar-refractivity contribution in [2.24, 2.45) is 0 Å². The molecule has 0 radical (unpaired) electrons. The first-order chi connectivity index (χ1) is 7.90. The zero-order valence-corrected chi connectivity index (χ0v) is 10.9. The Morgan fingerprint density at radius 2 is 2.12 bits per heavy atom. The second-order valence-electron chi connectivity index (χ2n) is 3.97. The van der Waals surface area contributed by atoms with Gasteiger partial charge in [-0.1, -0.05) is 11.6 Å². The number of hydrogen-bond donors (Lipinski definition) is 2. The van der Waals surface area contributed by atoms with E-state index in [-0.39, 0.29) is 12.2 Å². The van der Waals surface area contributed by atoms with Crippen LogP contribution in [0.1, 0.15) is 18.9 Å². The molecule has 0 aliphatic carbocycles. The van der Waals surface area contributed by atoms with Crippen molar-refractivity contribution in [2.75, 3.05) is 20.0 Å². The molecule has 0 fully saturated rings. The van der Waals surface area contributed by atoms with Crippen LogP contribution in [-0.2, 0) is 15.1 Å². The van der Waals surface area contributed by atoms with Crippen LogP contribution in [0, 0.1) is 0 Å². The summed E-state index contributed by atoms with van der Waals surface area (Å²) in [6, 6.07) is 1.59. The molecule has 0 aliphatic rings. The standard InChI is InChI=1S/C11H17ClN2O3/c1-11(15,5-9(16-2)17-3)8-4-7(12)6-14-10(8)13/h4,6,9,15H,5H2,1-3H3,(H2,13,14). The van der Waals surface area contributed by atoms with Crippen molar-refractivity contribution in [2.45, 2.75) is 25.2 Å². The molecule has 0 amide bonds. The van der Waals surface area contributed by atoms with Gasteiger partial charge in [0.25, 0.3) is 0 Å². The zero-order chi connectivity index (χ0) is 13.1. The van der Waals surface area contributed by atoms with E-state index in [0.717, 1.165) is 0 Å². The Bertz CT molecular complexity index is 381. The van der Waals surface area contributed by atoms with Crippen molar-refractivity contribution in [1.29, 1.82) is 0 Å². The molecule has 0 aromatic carbocycles. The number of anilines is 1. The summed E-state index contributed by atoms with van der Waals surface area (Å²) in [5, 5.41) is 10.8. The van der Waals surface area contributed by atoms with E-state index in [2.05, 4.69) is 4.98 Å². The quantitative estimate of drug-likeness (QED) is 0.785. The summed E-state index contributed by atoms with van der Waals surface area (Å²) in [6.07, 6.45) is 1.13. The number of aliphatic hydroxyl groups is 1. The number of nitrogen functional groups attached to an aromatic ring is 1. The highest BCUT2D eigenvalue weighted by molar-refractivity contribution is 6.30. The van der Waals surface area contributed by atoms with Gasteiger partial charge in [0.05, 0.1) is 10.6 Å². The first-order valence-electron chi connectivity index (χ1n) is 5.10. The van der Waals surface area contributed by atoms with Crippen molar-refractivity contribution in [1.82, 2.24) is 4.98 Å². The lowest BCUT2D eigenvalue weighted by molar-refractivity contribution is -0.142. The number of pyridine rings is 1. The number of halogens is 1. The predicted octanol–water partition coefficient (Wildman–Crippen LogP) is 1.53. The van der Waals surface area contributed by atoms with Gasteiger partial charge in [-0.3, -0.25) is 0 Å². The third-order valence-corrected chi connectivity index (χ3v) is 2.76. The van der Waals surface area contributed by atoms with Gasteiger partial charge >= 0.3 is 0 Å². The molecule has 1 heterocycles. The van der Waals surface area contributed by atoms with Gasteiger partial charge in [-0.25, -0.2) is 4.98 Å². The molecule has 17 heavy (non-hydrogen) atoms. The van der Waals surface area contributed by atoms with Crippen molar-refractivity contribution in [3.05, 3.63) is 22.8 Å². The van der Waals surface area contributed by atoms with Crippen molar-refractivity contribution in [3.8, 4) is 0 Å². The van der Waals surface area contributed by atoms with Gasteiger partial charge in [0, 0.05) is 32.4 Å². The maximum atomic E-state index is 10.4. The highest BCUT2D eigenvalue weighted by Crippen LogP contribution is 2.31. The molecular formula is C11H17ClN2O3. The maximum Gasteiger partial charge on any atom is 0.159 e. The van der Waals surface area contributed by atoms with Crippen LogP contribution in [0.4, 0.5) is 5.82 Å². The van der Waals surface area contributed by atoms with E-state index in [0.29, 0.717) is 10.6 Å². The van der Waals surface area contributed by atoms with Crippen LogP contribution in [-0.4, -0.2) is 30.6 Å². The second-order valence-corrected chi connectivity index (χ2v) is 4.40. The molecule has 0 spiro atoms. The molecule has 6 heteroatoms. The van der Waals surface area contributed by atoms with E-state index < -0.39 is 11.9 Å². The monoisotopic (exact) mass is 260 g/mol. The fourth-order valence-electron chi connectivity index (χ4n) is 1.58. The number of nitrogens with two attached hydrogens (primary N) is 1. The molecule has 1 rings (SSSR count). The van der Waals surface area contributed by atoms with Crippen molar-refractivity contribution < 1.29 is 14.6 Å². The summed E-state index contributed by atoms with van der Waals surface area (Å²) in [5.41, 5.74) is 4.96. The summed E-state index contributed by atoms with van der Waals surface area (Å²) in [5.74, 6) is 0.241. The first kappa shape index (κ1) is 14.2. The number of ether oxygens (including phenoxy) is 2. The number of aromatic nitrogens is 1. The minimum absolute atomic E-state index is 0.228. The normalized spacial score (nSPS) is 14.9. The first-order valence-corrected chi connectivity index (χ1v) is 5.48. The van der Waals surface area contributed by atoms with Crippen LogP contribution in [0.3, 0.4) is 0 Å². The SMILES string of the molecule is COC(CC(C)(O)c1cc(Cl)cnc1N)OC. The fourth-order valence-corrected chi connectivity index (χ4v) is 1.74. The van der Waals surface area contributed by atoms with Crippen LogP contribution >= 0.6 is 11.6 Å². The van der Waals surface area contributed by atoms with Gasteiger partial charge in [-0.05, 0) is 13.0 Å². The van der Waals surface area contributed by atoms with Crippen molar-refractivity contribution in [3.63, 3.8) is 0 Å². The smallest absolute Gasteiger partial charge is 0.159 e. The molecule has 5 nitrogen and oxygen atoms in total. The molecule has 0 bridgehead atoms. The summed E-state index contributed by atoms with van der Waals surface area (Å²) in [6.45, 7) is 1.61. The third-order valence-electron chi connectivity index (χ3n) is 2.56. The minimum atomic E-state index is -1.22. The van der Waals surface area contributed by atoms with Crippen LogP contribution in [0.15, 0.2) is 12.3 Å². The fraction of sp³-hybridized carbons (Fsp3) is 0.545. The minimum Gasteiger partial charge on any atom is -0.385 e. The number of nitrogens with zero attached hydrogens (tertiary/aromatic N) is 1. The Morgan fingerprint density at radius 1 is 1.53 bits per heavy atom. The topological polar surface area (TPSA) is 77.6 Å². The number of methoxy groups -OCH3 is 2. The van der Waals surface area contributed by atoms with E-state index in [4.69, 9.17) is 26.8 Å². The van der Waals surface area contributed by atoms with Crippen molar-refractivity contribution >= 4 is 17.4 Å². The van der Waals surface area contributed by atoms with E-state index in [1.54, 1.807) is 13.0 Å². The number of rotatable bonds is 5. The van der Waals surface area contributed by atoms with Gasteiger partial charge in [0.1, 0.15) is 5.82 Å². The summed E-state index contributed by atoms with van der Waals surface area (Å²) >= 11 is 5.84. The Balaban J connectivity index is 2.99. The molecule has 0 saturated heterocycles. The van der Waals surface area contributed by atoms with Crippen LogP contribution in [0.2, 0.25) is 5.02 Å². The highest BCUT2D eigenvalue weighted by Gasteiger charge is 2.30. The van der Waals surface area contributed by atoms with Gasteiger partial charge in [0.2, 0.25) is 0 Å². The van der Waals surface area contributed by atoms with Gasteiger partial charge < -0.3 is 20.3 Å². The van der Waals surface area contributed by atoms with E-state index in [1.165, 1.54) is 20.4 Å². The highest BCUT2D eigenvalue weighted by atomic mass is 35.5. The molecule has 1 aromatic rings.